The van der Waals surface area contributed by atoms with Crippen LogP contribution in [0.2, 0.25) is 0 Å². The lowest BCUT2D eigenvalue weighted by Crippen LogP contribution is -2.34. The zero-order valence-electron chi connectivity index (χ0n) is 10.3. The fraction of sp³-hybridized carbons (Fsp3) is 0.727. The van der Waals surface area contributed by atoms with Crippen LogP contribution in [0.4, 0.5) is 0 Å². The van der Waals surface area contributed by atoms with E-state index in [2.05, 4.69) is 9.82 Å². The molecule has 18 heavy (non-hydrogen) atoms. The van der Waals surface area contributed by atoms with Gasteiger partial charge in [0.15, 0.2) is 0 Å². The van der Waals surface area contributed by atoms with E-state index in [0.29, 0.717) is 6.54 Å². The first-order valence-corrected chi connectivity index (χ1v) is 8.03. The summed E-state index contributed by atoms with van der Waals surface area (Å²) >= 11 is 6.21. The summed E-state index contributed by atoms with van der Waals surface area (Å²) in [5.74, 6) is 0.229. The second-order valence-electron chi connectivity index (χ2n) is 4.76. The van der Waals surface area contributed by atoms with Crippen molar-refractivity contribution in [2.45, 2.75) is 36.0 Å². The SMILES string of the molecule is Cn1cc(S(=O)(=O)NCC2CCCCC2Cl)cn1. The first kappa shape index (κ1) is 13.8. The smallest absolute Gasteiger partial charge is 0.243 e. The van der Waals surface area contributed by atoms with Crippen LogP contribution in [0.15, 0.2) is 17.3 Å². The van der Waals surface area contributed by atoms with Crippen LogP contribution in [-0.4, -0.2) is 30.1 Å². The first-order valence-electron chi connectivity index (χ1n) is 6.11. The molecule has 1 aromatic heterocycles. The number of halogens is 1. The summed E-state index contributed by atoms with van der Waals surface area (Å²) in [6, 6.07) is 0. The quantitative estimate of drug-likeness (QED) is 0.855. The first-order chi connectivity index (χ1) is 8.49. The summed E-state index contributed by atoms with van der Waals surface area (Å²) in [5.41, 5.74) is 0. The normalized spacial score (nSPS) is 25.2. The van der Waals surface area contributed by atoms with Crippen molar-refractivity contribution in [2.24, 2.45) is 13.0 Å². The third kappa shape index (κ3) is 3.24. The maximum absolute atomic E-state index is 12.0. The van der Waals surface area contributed by atoms with Gasteiger partial charge in [-0.1, -0.05) is 12.8 Å². The van der Waals surface area contributed by atoms with Gasteiger partial charge in [0.25, 0.3) is 0 Å². The minimum Gasteiger partial charge on any atom is -0.274 e. The number of hydrogen-bond donors (Lipinski definition) is 1. The highest BCUT2D eigenvalue weighted by atomic mass is 35.5. The lowest BCUT2D eigenvalue weighted by Gasteiger charge is -2.26. The molecule has 5 nitrogen and oxygen atoms in total. The number of hydrogen-bond acceptors (Lipinski definition) is 3. The summed E-state index contributed by atoms with van der Waals surface area (Å²) in [5, 5.41) is 3.94. The molecule has 1 heterocycles. The monoisotopic (exact) mass is 291 g/mol. The molecule has 0 bridgehead atoms. The average molecular weight is 292 g/mol. The lowest BCUT2D eigenvalue weighted by molar-refractivity contribution is 0.364. The molecule has 102 valence electrons. The van der Waals surface area contributed by atoms with Gasteiger partial charge in [-0.05, 0) is 18.8 Å². The molecular weight excluding hydrogens is 274 g/mol. The summed E-state index contributed by atoms with van der Waals surface area (Å²) in [6.07, 6.45) is 7.07. The predicted molar refractivity (Wildman–Crippen MR) is 70.0 cm³/mol. The Morgan fingerprint density at radius 1 is 1.50 bits per heavy atom. The number of sulfonamides is 1. The van der Waals surface area contributed by atoms with E-state index < -0.39 is 10.0 Å². The minimum atomic E-state index is -3.45. The fourth-order valence-corrected chi connectivity index (χ4v) is 3.68. The van der Waals surface area contributed by atoms with Crippen molar-refractivity contribution >= 4 is 21.6 Å². The molecule has 1 N–H and O–H groups in total. The topological polar surface area (TPSA) is 64.0 Å². The summed E-state index contributed by atoms with van der Waals surface area (Å²) in [4.78, 5) is 0.201. The molecule has 0 spiro atoms. The van der Waals surface area contributed by atoms with Gasteiger partial charge in [-0.3, -0.25) is 4.68 Å². The largest absolute Gasteiger partial charge is 0.274 e. The molecule has 1 aliphatic carbocycles. The summed E-state index contributed by atoms with van der Waals surface area (Å²) in [6.45, 7) is 0.408. The van der Waals surface area contributed by atoms with E-state index in [0.717, 1.165) is 25.7 Å². The van der Waals surface area contributed by atoms with Crippen molar-refractivity contribution in [3.8, 4) is 0 Å². The van der Waals surface area contributed by atoms with Crippen LogP contribution < -0.4 is 4.72 Å². The second-order valence-corrected chi connectivity index (χ2v) is 7.09. The van der Waals surface area contributed by atoms with Crippen LogP contribution in [0, 0.1) is 5.92 Å². The Bertz CT molecular complexity index is 500. The summed E-state index contributed by atoms with van der Waals surface area (Å²) in [7, 11) is -1.76. The molecule has 0 amide bonds. The van der Waals surface area contributed by atoms with E-state index >= 15 is 0 Å². The second kappa shape index (κ2) is 5.59. The summed E-state index contributed by atoms with van der Waals surface area (Å²) < 4.78 is 28.1. The highest BCUT2D eigenvalue weighted by Gasteiger charge is 2.25. The van der Waals surface area contributed by atoms with Gasteiger partial charge < -0.3 is 0 Å². The Balaban J connectivity index is 1.96. The number of aromatic nitrogens is 2. The highest BCUT2D eigenvalue weighted by Crippen LogP contribution is 2.28. The number of nitrogens with one attached hydrogen (secondary N) is 1. The molecular formula is C11H18ClN3O2S. The van der Waals surface area contributed by atoms with E-state index in [1.165, 1.54) is 17.1 Å². The molecule has 2 rings (SSSR count). The van der Waals surface area contributed by atoms with Crippen molar-refractivity contribution in [1.82, 2.24) is 14.5 Å². The molecule has 1 saturated carbocycles. The molecule has 0 saturated heterocycles. The highest BCUT2D eigenvalue weighted by molar-refractivity contribution is 7.89. The van der Waals surface area contributed by atoms with Gasteiger partial charge in [0, 0.05) is 25.2 Å². The molecule has 1 aliphatic rings. The van der Waals surface area contributed by atoms with Crippen molar-refractivity contribution in [1.29, 1.82) is 0 Å². The van der Waals surface area contributed by atoms with Gasteiger partial charge in [0.1, 0.15) is 4.90 Å². The Morgan fingerprint density at radius 2 is 2.22 bits per heavy atom. The Labute approximate surface area is 113 Å². The van der Waals surface area contributed by atoms with E-state index in [-0.39, 0.29) is 16.2 Å². The van der Waals surface area contributed by atoms with Crippen LogP contribution in [-0.2, 0) is 17.1 Å². The zero-order valence-corrected chi connectivity index (χ0v) is 11.9. The maximum atomic E-state index is 12.0. The minimum absolute atomic E-state index is 0.0790. The van der Waals surface area contributed by atoms with E-state index in [9.17, 15) is 8.42 Å². The zero-order chi connectivity index (χ0) is 13.2. The molecule has 0 radical (unpaired) electrons. The average Bonchev–Trinajstić information content (AvgIpc) is 2.76. The van der Waals surface area contributed by atoms with E-state index in [4.69, 9.17) is 11.6 Å². The van der Waals surface area contributed by atoms with Gasteiger partial charge >= 0.3 is 0 Å². The Morgan fingerprint density at radius 3 is 2.83 bits per heavy atom. The maximum Gasteiger partial charge on any atom is 0.243 e. The van der Waals surface area contributed by atoms with Crippen molar-refractivity contribution in [2.75, 3.05) is 6.54 Å². The number of alkyl halides is 1. The van der Waals surface area contributed by atoms with E-state index in [1.54, 1.807) is 7.05 Å². The standard InChI is InChI=1S/C11H18ClN3O2S/c1-15-8-10(7-13-15)18(16,17)14-6-9-4-2-3-5-11(9)12/h7-9,11,14H,2-6H2,1H3. The molecule has 7 heteroatoms. The van der Waals surface area contributed by atoms with Gasteiger partial charge in [-0.2, -0.15) is 5.10 Å². The molecule has 1 aromatic rings. The third-order valence-corrected chi connectivity index (χ3v) is 5.30. The number of aryl methyl sites for hydroxylation is 1. The lowest BCUT2D eigenvalue weighted by atomic mass is 9.89. The molecule has 0 aromatic carbocycles. The van der Waals surface area contributed by atoms with Crippen LogP contribution in [0.1, 0.15) is 25.7 Å². The van der Waals surface area contributed by atoms with Crippen LogP contribution in [0.5, 0.6) is 0 Å². The van der Waals surface area contributed by atoms with Crippen molar-refractivity contribution in [3.63, 3.8) is 0 Å². The third-order valence-electron chi connectivity index (χ3n) is 3.34. The van der Waals surface area contributed by atoms with Crippen LogP contribution in [0.3, 0.4) is 0 Å². The van der Waals surface area contributed by atoms with E-state index in [1.807, 2.05) is 0 Å². The van der Waals surface area contributed by atoms with Gasteiger partial charge in [-0.15, -0.1) is 11.6 Å². The fourth-order valence-electron chi connectivity index (χ4n) is 2.23. The molecule has 2 unspecified atom stereocenters. The number of nitrogens with zero attached hydrogens (tertiary/aromatic N) is 2. The van der Waals surface area contributed by atoms with Gasteiger partial charge in [-0.25, -0.2) is 13.1 Å². The molecule has 2 atom stereocenters. The van der Waals surface area contributed by atoms with Gasteiger partial charge in [0.2, 0.25) is 10.0 Å². The predicted octanol–water partition coefficient (Wildman–Crippen LogP) is 1.50. The molecule has 0 aliphatic heterocycles. The molecule has 1 fully saturated rings. The van der Waals surface area contributed by atoms with Gasteiger partial charge in [0.05, 0.1) is 6.20 Å². The van der Waals surface area contributed by atoms with Crippen LogP contribution >= 0.6 is 11.6 Å². The van der Waals surface area contributed by atoms with Crippen molar-refractivity contribution < 1.29 is 8.42 Å². The number of rotatable bonds is 4. The van der Waals surface area contributed by atoms with Crippen LogP contribution in [0.25, 0.3) is 0 Å². The Hall–Kier alpha value is -0.590. The van der Waals surface area contributed by atoms with Crippen molar-refractivity contribution in [3.05, 3.63) is 12.4 Å². The Kier molecular flexibility index (Phi) is 4.29.